The fourth-order valence-electron chi connectivity index (χ4n) is 3.49. The number of rotatable bonds is 9. The van der Waals surface area contributed by atoms with Crippen LogP contribution in [0, 0.1) is 5.92 Å². The van der Waals surface area contributed by atoms with Crippen molar-refractivity contribution in [1.82, 2.24) is 10.9 Å². The molecule has 0 aliphatic carbocycles. The molecular formula is C24H29N3O7. The average Bonchev–Trinajstić information content (AvgIpc) is 3.24. The smallest absolute Gasteiger partial charge is 0.279 e. The van der Waals surface area contributed by atoms with Crippen molar-refractivity contribution in [3.8, 4) is 23.0 Å². The highest BCUT2D eigenvalue weighted by molar-refractivity contribution is 6.01. The summed E-state index contributed by atoms with van der Waals surface area (Å²) in [6, 6.07) is 12.0. The molecule has 0 spiro atoms. The van der Waals surface area contributed by atoms with Crippen molar-refractivity contribution in [2.75, 3.05) is 32.3 Å². The summed E-state index contributed by atoms with van der Waals surface area (Å²) in [6.07, 6.45) is -0.849. The number of methoxy groups -OCH3 is 2. The predicted octanol–water partition coefficient (Wildman–Crippen LogP) is 2.07. The minimum atomic E-state index is -0.858. The quantitative estimate of drug-likeness (QED) is 0.538. The Morgan fingerprint density at radius 3 is 2.35 bits per heavy atom. The Bertz CT molecular complexity index is 1030. The van der Waals surface area contributed by atoms with Gasteiger partial charge in [0, 0.05) is 19.0 Å². The summed E-state index contributed by atoms with van der Waals surface area (Å²) in [5.41, 5.74) is 5.29. The van der Waals surface area contributed by atoms with Gasteiger partial charge in [-0.05, 0) is 50.2 Å². The summed E-state index contributed by atoms with van der Waals surface area (Å²) < 4.78 is 21.5. The van der Waals surface area contributed by atoms with Crippen LogP contribution < -0.4 is 34.7 Å². The van der Waals surface area contributed by atoms with Gasteiger partial charge in [0.2, 0.25) is 11.8 Å². The van der Waals surface area contributed by atoms with Gasteiger partial charge in [0.05, 0.1) is 32.4 Å². The van der Waals surface area contributed by atoms with Crippen LogP contribution in [0.25, 0.3) is 0 Å². The van der Waals surface area contributed by atoms with Gasteiger partial charge >= 0.3 is 0 Å². The second-order valence-corrected chi connectivity index (χ2v) is 7.59. The molecule has 182 valence electrons. The molecule has 1 aliphatic heterocycles. The van der Waals surface area contributed by atoms with E-state index >= 15 is 0 Å². The minimum absolute atomic E-state index is 0.00905. The van der Waals surface area contributed by atoms with Crippen molar-refractivity contribution in [3.05, 3.63) is 42.5 Å². The van der Waals surface area contributed by atoms with Crippen LogP contribution in [0.3, 0.4) is 0 Å². The van der Waals surface area contributed by atoms with E-state index in [0.717, 1.165) is 0 Å². The maximum atomic E-state index is 12.6. The van der Waals surface area contributed by atoms with E-state index in [0.29, 0.717) is 35.3 Å². The number of carbonyl (C=O) groups is 3. The zero-order valence-corrected chi connectivity index (χ0v) is 19.6. The van der Waals surface area contributed by atoms with Crippen molar-refractivity contribution >= 4 is 23.4 Å². The van der Waals surface area contributed by atoms with Gasteiger partial charge in [0.15, 0.2) is 6.10 Å². The molecular weight excluding hydrogens is 442 g/mol. The first kappa shape index (κ1) is 24.7. The lowest BCUT2D eigenvalue weighted by Crippen LogP contribution is -2.49. The molecule has 2 unspecified atom stereocenters. The predicted molar refractivity (Wildman–Crippen MR) is 124 cm³/mol. The zero-order valence-electron chi connectivity index (χ0n) is 19.6. The Balaban J connectivity index is 1.53. The molecule has 2 N–H and O–H groups in total. The van der Waals surface area contributed by atoms with E-state index in [1.54, 1.807) is 49.4 Å². The molecule has 3 rings (SSSR count). The van der Waals surface area contributed by atoms with Crippen LogP contribution in [0.5, 0.6) is 23.0 Å². The van der Waals surface area contributed by atoms with Crippen molar-refractivity contribution in [3.63, 3.8) is 0 Å². The number of amides is 3. The minimum Gasteiger partial charge on any atom is -0.497 e. The third-order valence-electron chi connectivity index (χ3n) is 5.30. The lowest BCUT2D eigenvalue weighted by molar-refractivity contribution is -0.134. The first-order chi connectivity index (χ1) is 16.4. The van der Waals surface area contributed by atoms with E-state index < -0.39 is 23.8 Å². The summed E-state index contributed by atoms with van der Waals surface area (Å²) in [5, 5.41) is 0. The number of nitrogens with one attached hydrogen (secondary N) is 2. The van der Waals surface area contributed by atoms with Gasteiger partial charge in [-0.1, -0.05) is 0 Å². The van der Waals surface area contributed by atoms with E-state index in [-0.39, 0.29) is 18.9 Å². The lowest BCUT2D eigenvalue weighted by atomic mass is 10.1. The molecule has 3 amide bonds. The molecule has 1 aliphatic rings. The van der Waals surface area contributed by atoms with Gasteiger partial charge in [-0.25, -0.2) is 0 Å². The number of ether oxygens (including phenoxy) is 4. The highest BCUT2D eigenvalue weighted by Crippen LogP contribution is 2.35. The topological polar surface area (TPSA) is 115 Å². The van der Waals surface area contributed by atoms with E-state index in [4.69, 9.17) is 18.9 Å². The first-order valence-corrected chi connectivity index (χ1v) is 10.9. The van der Waals surface area contributed by atoms with Crippen LogP contribution in [0.15, 0.2) is 42.5 Å². The normalized spacial score (nSPS) is 15.9. The number of carbonyl (C=O) groups excluding carboxylic acids is 3. The van der Waals surface area contributed by atoms with Gasteiger partial charge in [-0.2, -0.15) is 0 Å². The molecule has 10 nitrogen and oxygen atoms in total. The fourth-order valence-corrected chi connectivity index (χ4v) is 3.49. The molecule has 2 aromatic rings. The maximum Gasteiger partial charge on any atom is 0.279 e. The SMILES string of the molecule is CCOc1ccc(OC(C)C(=O)NNC(=O)C2CC(=O)N(c3ccc(OC)cc3OC)C2)cc1. The van der Waals surface area contributed by atoms with E-state index in [2.05, 4.69) is 10.9 Å². The van der Waals surface area contributed by atoms with E-state index in [9.17, 15) is 14.4 Å². The van der Waals surface area contributed by atoms with Crippen LogP contribution in [-0.2, 0) is 14.4 Å². The highest BCUT2D eigenvalue weighted by Gasteiger charge is 2.36. The number of anilines is 1. The molecule has 10 heteroatoms. The molecule has 2 atom stereocenters. The van der Waals surface area contributed by atoms with Crippen molar-refractivity contribution in [1.29, 1.82) is 0 Å². The monoisotopic (exact) mass is 471 g/mol. The molecule has 34 heavy (non-hydrogen) atoms. The Kier molecular flexibility index (Phi) is 8.18. The summed E-state index contributed by atoms with van der Waals surface area (Å²) in [4.78, 5) is 39.0. The molecule has 0 saturated carbocycles. The Hall–Kier alpha value is -3.95. The third-order valence-corrected chi connectivity index (χ3v) is 5.30. The van der Waals surface area contributed by atoms with Gasteiger partial charge in [0.25, 0.3) is 5.91 Å². The second kappa shape index (κ2) is 11.3. The molecule has 0 aromatic heterocycles. The molecule has 0 bridgehead atoms. The summed E-state index contributed by atoms with van der Waals surface area (Å²) in [7, 11) is 3.03. The highest BCUT2D eigenvalue weighted by atomic mass is 16.5. The molecule has 1 saturated heterocycles. The van der Waals surface area contributed by atoms with Crippen LogP contribution in [0.1, 0.15) is 20.3 Å². The number of nitrogens with zero attached hydrogens (tertiary/aromatic N) is 1. The van der Waals surface area contributed by atoms with Crippen molar-refractivity contribution in [2.45, 2.75) is 26.4 Å². The standard InChI is InChI=1S/C24H29N3O7/c1-5-33-17-6-8-18(9-7-17)34-15(2)23(29)25-26-24(30)16-12-22(28)27(14-16)20-11-10-19(31-3)13-21(20)32-4/h6-11,13,15-16H,5,12,14H2,1-4H3,(H,25,29)(H,26,30). The zero-order chi connectivity index (χ0) is 24.7. The average molecular weight is 472 g/mol. The Morgan fingerprint density at radius 1 is 1.03 bits per heavy atom. The van der Waals surface area contributed by atoms with Crippen molar-refractivity contribution < 1.29 is 33.3 Å². The van der Waals surface area contributed by atoms with Crippen LogP contribution in [0.4, 0.5) is 5.69 Å². The van der Waals surface area contributed by atoms with Gasteiger partial charge < -0.3 is 23.8 Å². The molecule has 1 fully saturated rings. The third kappa shape index (κ3) is 5.89. The summed E-state index contributed by atoms with van der Waals surface area (Å²) >= 11 is 0. The van der Waals surface area contributed by atoms with Gasteiger partial charge in [-0.3, -0.25) is 25.2 Å². The van der Waals surface area contributed by atoms with Crippen LogP contribution in [-0.4, -0.2) is 51.2 Å². The van der Waals surface area contributed by atoms with E-state index in [1.165, 1.54) is 19.1 Å². The van der Waals surface area contributed by atoms with Gasteiger partial charge in [-0.15, -0.1) is 0 Å². The molecule has 0 radical (unpaired) electrons. The first-order valence-electron chi connectivity index (χ1n) is 10.9. The maximum absolute atomic E-state index is 12.6. The number of hydrazine groups is 1. The number of hydrogen-bond acceptors (Lipinski definition) is 7. The number of benzene rings is 2. The van der Waals surface area contributed by atoms with E-state index in [1.807, 2.05) is 6.92 Å². The molecule has 2 aromatic carbocycles. The lowest BCUT2D eigenvalue weighted by Gasteiger charge is -2.20. The molecule has 1 heterocycles. The second-order valence-electron chi connectivity index (χ2n) is 7.59. The largest absolute Gasteiger partial charge is 0.497 e. The summed E-state index contributed by atoms with van der Waals surface area (Å²) in [6.45, 7) is 4.16. The number of hydrogen-bond donors (Lipinski definition) is 2. The summed E-state index contributed by atoms with van der Waals surface area (Å²) in [5.74, 6) is 0.386. The Labute approximate surface area is 198 Å². The van der Waals surface area contributed by atoms with Gasteiger partial charge in [0.1, 0.15) is 23.0 Å². The van der Waals surface area contributed by atoms with Crippen LogP contribution >= 0.6 is 0 Å². The Morgan fingerprint density at radius 2 is 1.71 bits per heavy atom. The van der Waals surface area contributed by atoms with Crippen LogP contribution in [0.2, 0.25) is 0 Å². The van der Waals surface area contributed by atoms with Crippen molar-refractivity contribution in [2.24, 2.45) is 5.92 Å². The fraction of sp³-hybridized carbons (Fsp3) is 0.375.